The topological polar surface area (TPSA) is 98.5 Å². The van der Waals surface area contributed by atoms with E-state index in [-0.39, 0.29) is 26.4 Å². The minimum atomic E-state index is -3.52. The zero-order chi connectivity index (χ0) is 16.3. The van der Waals surface area contributed by atoms with E-state index in [1.54, 1.807) is 0 Å². The molecule has 10 heteroatoms. The van der Waals surface area contributed by atoms with Crippen LogP contribution in [0.15, 0.2) is 38.8 Å². The molecule has 0 saturated carbocycles. The first-order chi connectivity index (χ1) is 10.3. The summed E-state index contributed by atoms with van der Waals surface area (Å²) in [7, 11) is -2.15. The molecule has 1 amide bonds. The fraction of sp³-hybridized carbons (Fsp3) is 0.167. The summed E-state index contributed by atoms with van der Waals surface area (Å²) in [6.45, 7) is 0. The summed E-state index contributed by atoms with van der Waals surface area (Å²) in [4.78, 5) is 16.0. The van der Waals surface area contributed by atoms with E-state index in [1.807, 2.05) is 0 Å². The van der Waals surface area contributed by atoms with Crippen LogP contribution in [0.1, 0.15) is 10.4 Å². The van der Waals surface area contributed by atoms with Gasteiger partial charge in [-0.1, -0.05) is 11.6 Å². The molecule has 0 radical (unpaired) electrons. The molecule has 0 saturated heterocycles. The maximum atomic E-state index is 12.2. The predicted molar refractivity (Wildman–Crippen MR) is 81.9 cm³/mol. The summed E-state index contributed by atoms with van der Waals surface area (Å²) in [5.41, 5.74) is 0.0758. The first-order valence-electron chi connectivity index (χ1n) is 5.78. The number of benzene rings is 1. The molecule has 0 spiro atoms. The number of carbonyl (C=O) groups excluding carboxylic acids is 1. The number of rotatable bonds is 5. The lowest BCUT2D eigenvalue weighted by Gasteiger charge is -2.11. The summed E-state index contributed by atoms with van der Waals surface area (Å²) >= 11 is 6.92. The lowest BCUT2D eigenvalue weighted by Crippen LogP contribution is -2.14. The van der Waals surface area contributed by atoms with Crippen LogP contribution in [-0.4, -0.2) is 32.7 Å². The molecule has 0 bridgehead atoms. The molecule has 0 aliphatic heterocycles. The normalized spacial score (nSPS) is 11.4. The van der Waals surface area contributed by atoms with Gasteiger partial charge in [-0.15, -0.1) is 0 Å². The average molecular weight is 363 g/mol. The number of anilines is 1. The SMILES string of the molecule is COSc1c(S(C)(=O)=O)ccc(C(=O)Nc2ncco2)c1Cl. The minimum absolute atomic E-state index is 0.00852. The fourth-order valence-electron chi connectivity index (χ4n) is 1.62. The molecule has 7 nitrogen and oxygen atoms in total. The third-order valence-electron chi connectivity index (χ3n) is 2.52. The number of nitrogens with one attached hydrogen (secondary N) is 1. The van der Waals surface area contributed by atoms with E-state index >= 15 is 0 Å². The van der Waals surface area contributed by atoms with Gasteiger partial charge in [-0.3, -0.25) is 10.1 Å². The maximum Gasteiger partial charge on any atom is 0.301 e. The minimum Gasteiger partial charge on any atom is -0.432 e. The Morgan fingerprint density at radius 2 is 2.18 bits per heavy atom. The van der Waals surface area contributed by atoms with Crippen molar-refractivity contribution >= 4 is 45.4 Å². The predicted octanol–water partition coefficient (Wildman–Crippen LogP) is 2.64. The zero-order valence-electron chi connectivity index (χ0n) is 11.5. The van der Waals surface area contributed by atoms with Gasteiger partial charge >= 0.3 is 6.01 Å². The molecule has 0 unspecified atom stereocenters. The molecule has 0 atom stereocenters. The second-order valence-corrected chi connectivity index (χ2v) is 7.34. The van der Waals surface area contributed by atoms with E-state index in [2.05, 4.69) is 10.3 Å². The van der Waals surface area contributed by atoms with Crippen molar-refractivity contribution in [2.24, 2.45) is 0 Å². The van der Waals surface area contributed by atoms with E-state index in [0.29, 0.717) is 0 Å². The van der Waals surface area contributed by atoms with E-state index in [4.69, 9.17) is 20.2 Å². The Hall–Kier alpha value is -1.55. The number of halogens is 1. The van der Waals surface area contributed by atoms with Crippen molar-refractivity contribution in [3.8, 4) is 0 Å². The van der Waals surface area contributed by atoms with Crippen LogP contribution in [0.25, 0.3) is 0 Å². The summed E-state index contributed by atoms with van der Waals surface area (Å²) in [6.07, 6.45) is 3.72. The van der Waals surface area contributed by atoms with Crippen molar-refractivity contribution < 1.29 is 21.8 Å². The van der Waals surface area contributed by atoms with Gasteiger partial charge in [-0.25, -0.2) is 13.4 Å². The Morgan fingerprint density at radius 3 is 2.73 bits per heavy atom. The van der Waals surface area contributed by atoms with E-state index in [9.17, 15) is 13.2 Å². The van der Waals surface area contributed by atoms with E-state index < -0.39 is 15.7 Å². The zero-order valence-corrected chi connectivity index (χ0v) is 13.9. The molecule has 1 aromatic carbocycles. The number of aromatic nitrogens is 1. The van der Waals surface area contributed by atoms with Crippen LogP contribution in [0, 0.1) is 0 Å². The van der Waals surface area contributed by atoms with Crippen LogP contribution < -0.4 is 5.32 Å². The largest absolute Gasteiger partial charge is 0.432 e. The maximum absolute atomic E-state index is 12.2. The molecule has 0 aliphatic carbocycles. The van der Waals surface area contributed by atoms with Crippen LogP contribution in [0.2, 0.25) is 5.02 Å². The highest BCUT2D eigenvalue weighted by Gasteiger charge is 2.23. The number of hydrogen-bond acceptors (Lipinski definition) is 7. The van der Waals surface area contributed by atoms with Gasteiger partial charge in [0.25, 0.3) is 5.91 Å². The van der Waals surface area contributed by atoms with Crippen molar-refractivity contribution in [2.45, 2.75) is 9.79 Å². The summed E-state index contributed by atoms with van der Waals surface area (Å²) in [6, 6.07) is 2.62. The van der Waals surface area contributed by atoms with Crippen LogP contribution in [-0.2, 0) is 14.0 Å². The second kappa shape index (κ2) is 6.69. The van der Waals surface area contributed by atoms with Crippen molar-refractivity contribution in [3.05, 3.63) is 35.2 Å². The number of amides is 1. The summed E-state index contributed by atoms with van der Waals surface area (Å²) in [5, 5.41) is 2.38. The van der Waals surface area contributed by atoms with Crippen molar-refractivity contribution in [1.82, 2.24) is 4.98 Å². The molecular weight excluding hydrogens is 352 g/mol. The van der Waals surface area contributed by atoms with Crippen molar-refractivity contribution in [3.63, 3.8) is 0 Å². The van der Waals surface area contributed by atoms with Gasteiger partial charge in [0.1, 0.15) is 6.26 Å². The molecule has 1 heterocycles. The molecular formula is C12H11ClN2O5S2. The third kappa shape index (κ3) is 3.61. The molecule has 2 rings (SSSR count). The van der Waals surface area contributed by atoms with Crippen LogP contribution >= 0.6 is 23.6 Å². The highest BCUT2D eigenvalue weighted by atomic mass is 35.5. The van der Waals surface area contributed by atoms with Gasteiger partial charge in [0, 0.05) is 18.3 Å². The first kappa shape index (κ1) is 16.8. The molecule has 1 aromatic heterocycles. The molecule has 118 valence electrons. The first-order valence-corrected chi connectivity index (χ1v) is 8.79. The van der Waals surface area contributed by atoms with E-state index in [0.717, 1.165) is 18.3 Å². The molecule has 2 aromatic rings. The Balaban J connectivity index is 2.45. The fourth-order valence-corrected chi connectivity index (χ4v) is 3.83. The van der Waals surface area contributed by atoms with E-state index in [1.165, 1.54) is 31.7 Å². The monoisotopic (exact) mass is 362 g/mol. The van der Waals surface area contributed by atoms with Gasteiger partial charge < -0.3 is 8.60 Å². The molecule has 22 heavy (non-hydrogen) atoms. The third-order valence-corrected chi connectivity index (χ3v) is 5.05. The van der Waals surface area contributed by atoms with Crippen LogP contribution in [0.5, 0.6) is 0 Å². The number of hydrogen-bond donors (Lipinski definition) is 1. The smallest absolute Gasteiger partial charge is 0.301 e. The van der Waals surface area contributed by atoms with Gasteiger partial charge in [0.05, 0.1) is 33.7 Å². The summed E-state index contributed by atoms with van der Waals surface area (Å²) < 4.78 is 33.3. The Morgan fingerprint density at radius 1 is 1.45 bits per heavy atom. The number of sulfone groups is 1. The van der Waals surface area contributed by atoms with Gasteiger partial charge in [0.15, 0.2) is 9.84 Å². The quantitative estimate of drug-likeness (QED) is 0.816. The summed E-state index contributed by atoms with van der Waals surface area (Å²) in [5.74, 6) is -0.578. The van der Waals surface area contributed by atoms with Crippen molar-refractivity contribution in [1.29, 1.82) is 0 Å². The van der Waals surface area contributed by atoms with Crippen LogP contribution in [0.4, 0.5) is 6.01 Å². The number of oxazole rings is 1. The molecule has 0 aliphatic rings. The number of nitrogens with zero attached hydrogens (tertiary/aromatic N) is 1. The average Bonchev–Trinajstić information content (AvgIpc) is 2.92. The van der Waals surface area contributed by atoms with Crippen molar-refractivity contribution in [2.75, 3.05) is 18.7 Å². The number of carbonyl (C=O) groups is 1. The highest BCUT2D eigenvalue weighted by Crippen LogP contribution is 2.36. The van der Waals surface area contributed by atoms with Crippen LogP contribution in [0.3, 0.4) is 0 Å². The highest BCUT2D eigenvalue weighted by molar-refractivity contribution is 7.96. The van der Waals surface area contributed by atoms with Gasteiger partial charge in [0.2, 0.25) is 0 Å². The standard InChI is InChI=1S/C12H11ClN2O5S2/c1-19-21-10-8(22(2,17)18)4-3-7(9(10)13)11(16)15-12-14-5-6-20-12/h3-6H,1-2H3,(H,14,15,16). The Kier molecular flexibility index (Phi) is 5.12. The van der Waals surface area contributed by atoms with Gasteiger partial charge in [-0.2, -0.15) is 0 Å². The molecule has 0 fully saturated rings. The lowest BCUT2D eigenvalue weighted by atomic mass is 10.2. The second-order valence-electron chi connectivity index (χ2n) is 4.07. The molecule has 1 N–H and O–H groups in total. The lowest BCUT2D eigenvalue weighted by molar-refractivity contribution is 0.102. The Labute approximate surface area is 136 Å². The van der Waals surface area contributed by atoms with Gasteiger partial charge in [-0.05, 0) is 12.1 Å². The Bertz CT molecular complexity index is 790.